The number of carbonyl (C=O) groups is 2. The Hall–Kier alpha value is -2.53. The zero-order valence-corrected chi connectivity index (χ0v) is 22.7. The minimum atomic E-state index is -1.70. The maximum Gasteiger partial charge on any atom is 0.410 e. The lowest BCUT2D eigenvalue weighted by Gasteiger charge is -2.39. The molecule has 1 atom stereocenters. The average Bonchev–Trinajstić information content (AvgIpc) is 3.60. The van der Waals surface area contributed by atoms with Crippen molar-refractivity contribution in [1.29, 1.82) is 0 Å². The maximum atomic E-state index is 13.4. The van der Waals surface area contributed by atoms with Gasteiger partial charge in [0.05, 0.1) is 5.52 Å². The van der Waals surface area contributed by atoms with Gasteiger partial charge in [-0.3, -0.25) is 9.89 Å². The monoisotopic (exact) mass is 585 g/mol. The molecule has 3 heterocycles. The third kappa shape index (κ3) is 6.14. The molecule has 2 fully saturated rings. The van der Waals surface area contributed by atoms with Crippen molar-refractivity contribution >= 4 is 80.9 Å². The van der Waals surface area contributed by atoms with E-state index >= 15 is 0 Å². The second kappa shape index (κ2) is 10.3. The number of aromatic nitrogens is 4. The number of nitrogens with zero attached hydrogens (tertiary/aromatic N) is 5. The average molecular weight is 587 g/mol. The van der Waals surface area contributed by atoms with E-state index in [4.69, 9.17) is 51.1 Å². The molecule has 0 unspecified atom stereocenters. The zero-order valence-electron chi connectivity index (χ0n) is 19.7. The lowest BCUT2D eigenvalue weighted by Crippen LogP contribution is -2.56. The van der Waals surface area contributed by atoms with E-state index in [1.54, 1.807) is 30.0 Å². The molecule has 1 saturated carbocycles. The highest BCUT2D eigenvalue weighted by atomic mass is 35.6. The van der Waals surface area contributed by atoms with Crippen molar-refractivity contribution in [2.75, 3.05) is 31.6 Å². The van der Waals surface area contributed by atoms with Crippen LogP contribution in [0, 0.1) is 0 Å². The second-order valence-corrected chi connectivity index (χ2v) is 12.1. The summed E-state index contributed by atoms with van der Waals surface area (Å²) in [6, 6.07) is 6.80. The van der Waals surface area contributed by atoms with E-state index in [0.717, 1.165) is 18.5 Å². The van der Waals surface area contributed by atoms with Crippen LogP contribution in [0.1, 0.15) is 42.0 Å². The van der Waals surface area contributed by atoms with Crippen LogP contribution in [-0.4, -0.2) is 78.0 Å². The summed E-state index contributed by atoms with van der Waals surface area (Å²) in [4.78, 5) is 38.0. The van der Waals surface area contributed by atoms with E-state index in [-0.39, 0.29) is 44.0 Å². The summed E-state index contributed by atoms with van der Waals surface area (Å²) in [5.41, 5.74) is 1.62. The first-order chi connectivity index (χ1) is 17.6. The molecule has 0 radical (unpaired) electrons. The number of anilines is 2. The van der Waals surface area contributed by atoms with Gasteiger partial charge in [0.15, 0.2) is 5.82 Å². The number of carbonyl (C=O) groups excluding carboxylic acids is 2. The van der Waals surface area contributed by atoms with Gasteiger partial charge in [-0.1, -0.05) is 46.4 Å². The number of ether oxygens (including phenoxy) is 1. The van der Waals surface area contributed by atoms with E-state index in [1.165, 1.54) is 4.90 Å². The Balaban J connectivity index is 1.34. The molecular weight excluding hydrogens is 564 g/mol. The molecule has 1 aliphatic carbocycles. The van der Waals surface area contributed by atoms with Crippen LogP contribution in [0.25, 0.3) is 10.9 Å². The number of nitrogens with one attached hydrogen (secondary N) is 2. The first-order valence-electron chi connectivity index (χ1n) is 11.7. The molecule has 2 aromatic heterocycles. The number of benzene rings is 1. The minimum absolute atomic E-state index is 0.0229. The Labute approximate surface area is 232 Å². The highest BCUT2D eigenvalue weighted by Gasteiger charge is 2.34. The number of piperazine rings is 1. The van der Waals surface area contributed by atoms with Crippen LogP contribution in [0.2, 0.25) is 5.02 Å². The number of aromatic amines is 1. The van der Waals surface area contributed by atoms with Gasteiger partial charge in [0.1, 0.15) is 12.4 Å². The Morgan fingerprint density at radius 2 is 1.97 bits per heavy atom. The molecule has 2 aliphatic rings. The normalized spacial score (nSPS) is 18.2. The molecule has 3 aromatic rings. The fourth-order valence-electron chi connectivity index (χ4n) is 4.20. The summed E-state index contributed by atoms with van der Waals surface area (Å²) < 4.78 is 3.38. The Morgan fingerprint density at radius 1 is 1.19 bits per heavy atom. The van der Waals surface area contributed by atoms with Crippen molar-refractivity contribution in [3.05, 3.63) is 40.8 Å². The Morgan fingerprint density at radius 3 is 2.68 bits per heavy atom. The summed E-state index contributed by atoms with van der Waals surface area (Å²) in [5, 5.41) is 11.8. The van der Waals surface area contributed by atoms with Gasteiger partial charge in [0, 0.05) is 53.8 Å². The molecule has 37 heavy (non-hydrogen) atoms. The smallest absolute Gasteiger partial charge is 0.410 e. The van der Waals surface area contributed by atoms with Crippen molar-refractivity contribution in [1.82, 2.24) is 30.0 Å². The van der Waals surface area contributed by atoms with Gasteiger partial charge in [-0.2, -0.15) is 5.10 Å². The topological polar surface area (TPSA) is 116 Å². The highest BCUT2D eigenvalue weighted by Crippen LogP contribution is 2.40. The van der Waals surface area contributed by atoms with E-state index in [2.05, 4.69) is 25.5 Å². The molecule has 0 bridgehead atoms. The van der Waals surface area contributed by atoms with E-state index in [9.17, 15) is 9.59 Å². The van der Waals surface area contributed by atoms with Crippen molar-refractivity contribution < 1.29 is 14.3 Å². The first-order valence-corrected chi connectivity index (χ1v) is 13.2. The molecule has 2 N–H and O–H groups in total. The summed E-state index contributed by atoms with van der Waals surface area (Å²) in [6.45, 7) is 2.21. The van der Waals surface area contributed by atoms with Crippen LogP contribution >= 0.6 is 46.4 Å². The number of H-pyrrole nitrogens is 1. The Kier molecular flexibility index (Phi) is 7.28. The van der Waals surface area contributed by atoms with Crippen LogP contribution in [0.4, 0.5) is 16.4 Å². The van der Waals surface area contributed by atoms with Gasteiger partial charge in [0.25, 0.3) is 5.91 Å². The highest BCUT2D eigenvalue weighted by molar-refractivity contribution is 6.67. The number of fused-ring (bicyclic) bond motifs is 1. The number of alkyl halides is 3. The molecule has 0 spiro atoms. The van der Waals surface area contributed by atoms with E-state index in [0.29, 0.717) is 33.5 Å². The third-order valence-corrected chi connectivity index (χ3v) is 6.78. The van der Waals surface area contributed by atoms with Gasteiger partial charge >= 0.3 is 6.09 Å². The molecule has 1 aliphatic heterocycles. The van der Waals surface area contributed by atoms with Crippen molar-refractivity contribution in [3.8, 4) is 0 Å². The third-order valence-electron chi connectivity index (χ3n) is 6.22. The number of hydrogen-bond donors (Lipinski definition) is 2. The summed E-state index contributed by atoms with van der Waals surface area (Å²) in [5.74, 6) is 1.19. The summed E-state index contributed by atoms with van der Waals surface area (Å²) in [7, 11) is 0. The predicted molar refractivity (Wildman–Crippen MR) is 142 cm³/mol. The largest absolute Gasteiger partial charge is 0.445 e. The summed E-state index contributed by atoms with van der Waals surface area (Å²) >= 11 is 23.2. The van der Waals surface area contributed by atoms with Crippen molar-refractivity contribution in [2.45, 2.75) is 35.5 Å². The van der Waals surface area contributed by atoms with Gasteiger partial charge in [-0.25, -0.2) is 14.8 Å². The Bertz CT molecular complexity index is 1340. The van der Waals surface area contributed by atoms with E-state index < -0.39 is 9.89 Å². The first kappa shape index (κ1) is 26.1. The van der Waals surface area contributed by atoms with Gasteiger partial charge in [-0.15, -0.1) is 0 Å². The van der Waals surface area contributed by atoms with Gasteiger partial charge in [0.2, 0.25) is 9.62 Å². The number of rotatable bonds is 5. The zero-order chi connectivity index (χ0) is 26.3. The quantitative estimate of drug-likeness (QED) is 0.391. The van der Waals surface area contributed by atoms with E-state index in [1.807, 2.05) is 6.07 Å². The molecule has 2 amide bonds. The minimum Gasteiger partial charge on any atom is -0.445 e. The van der Waals surface area contributed by atoms with Crippen LogP contribution in [0.3, 0.4) is 0 Å². The fourth-order valence-corrected chi connectivity index (χ4v) is 4.53. The lowest BCUT2D eigenvalue weighted by molar-refractivity contribution is 0.0410. The van der Waals surface area contributed by atoms with Gasteiger partial charge < -0.3 is 19.9 Å². The molecule has 1 saturated heterocycles. The summed E-state index contributed by atoms with van der Waals surface area (Å²) in [6.07, 6.45) is 1.67. The van der Waals surface area contributed by atoms with Crippen LogP contribution < -0.4 is 5.32 Å². The van der Waals surface area contributed by atoms with Crippen LogP contribution in [0.15, 0.2) is 24.3 Å². The van der Waals surface area contributed by atoms with Crippen molar-refractivity contribution in [2.24, 2.45) is 0 Å². The molecule has 10 nitrogen and oxygen atoms in total. The molecule has 5 rings (SSSR count). The number of amides is 2. The van der Waals surface area contributed by atoms with Crippen molar-refractivity contribution in [3.63, 3.8) is 0 Å². The van der Waals surface area contributed by atoms with Crippen LogP contribution in [0.5, 0.6) is 0 Å². The SMILES string of the molecule is C[C@@H]1CN(C(=O)c2nc(Nc3cc(C4CC4)[nH]n3)c3cc(Cl)ccc3n2)CCN1C(=O)OCC(Cl)(Cl)Cl. The maximum absolute atomic E-state index is 13.4. The number of hydrogen-bond acceptors (Lipinski definition) is 7. The molecule has 14 heteroatoms. The van der Waals surface area contributed by atoms with Gasteiger partial charge in [-0.05, 0) is 38.0 Å². The molecular formula is C23H23Cl4N7O3. The number of halogens is 4. The van der Waals surface area contributed by atoms with Crippen LogP contribution in [-0.2, 0) is 4.74 Å². The molecule has 1 aromatic carbocycles. The lowest BCUT2D eigenvalue weighted by atomic mass is 10.2. The standard InChI is InChI=1S/C23H23Cl4N7O3/c1-12-10-33(6-7-34(12)22(36)37-11-23(25,26)27)21(35)20-28-16-5-4-14(24)8-15(16)19(30-20)29-18-9-17(31-32-18)13-2-3-13/h4-5,8-9,12-13H,2-3,6-7,10-11H2,1H3,(H2,28,29,30,31,32)/t12-/m1/s1. The fraction of sp³-hybridized carbons (Fsp3) is 0.435. The molecule has 196 valence electrons. The second-order valence-electron chi connectivity index (χ2n) is 9.13. The predicted octanol–water partition coefficient (Wildman–Crippen LogP) is 5.28.